The Kier molecular flexibility index (Phi) is 9.47. The Morgan fingerprint density at radius 3 is 2.27 bits per heavy atom. The minimum absolute atomic E-state index is 0.0598. The Morgan fingerprint density at radius 2 is 1.70 bits per heavy atom. The molecule has 0 saturated heterocycles. The number of pyridine rings is 1. The molecule has 3 aromatic rings. The summed E-state index contributed by atoms with van der Waals surface area (Å²) in [4.78, 5) is 32.7. The van der Waals surface area contributed by atoms with E-state index in [-0.39, 0.29) is 12.3 Å². The summed E-state index contributed by atoms with van der Waals surface area (Å²) < 4.78 is 5.64. The number of carbonyl (C=O) groups is 2. The molecule has 0 unspecified atom stereocenters. The largest absolute Gasteiger partial charge is 0.491 e. The molecule has 0 spiro atoms. The number of aliphatic hydroxyl groups is 1. The van der Waals surface area contributed by atoms with Gasteiger partial charge in [-0.25, -0.2) is 9.59 Å². The van der Waals surface area contributed by atoms with Gasteiger partial charge in [0.05, 0.1) is 11.0 Å². The van der Waals surface area contributed by atoms with E-state index in [1.165, 1.54) is 12.1 Å². The van der Waals surface area contributed by atoms with E-state index >= 15 is 0 Å². The van der Waals surface area contributed by atoms with Crippen LogP contribution >= 0.6 is 0 Å². The van der Waals surface area contributed by atoms with Gasteiger partial charge in [0.2, 0.25) is 0 Å². The maximum absolute atomic E-state index is 10.9. The number of aryl methyl sites for hydroxylation is 1. The van der Waals surface area contributed by atoms with Crippen LogP contribution in [0.25, 0.3) is 11.1 Å². The average molecular weight is 454 g/mol. The molecule has 0 amide bonds. The summed E-state index contributed by atoms with van der Waals surface area (Å²) in [6.07, 6.45) is 4.28. The van der Waals surface area contributed by atoms with Gasteiger partial charge in [-0.05, 0) is 47.7 Å². The number of nitro groups is 1. The zero-order valence-electron chi connectivity index (χ0n) is 17.4. The maximum atomic E-state index is 10.9. The molecule has 3 N–H and O–H groups in total. The molecule has 33 heavy (non-hydrogen) atoms. The molecule has 0 aliphatic carbocycles. The number of hydrogen-bond donors (Lipinski definition) is 3. The van der Waals surface area contributed by atoms with Gasteiger partial charge in [-0.2, -0.15) is 0 Å². The predicted octanol–water partition coefficient (Wildman–Crippen LogP) is 3.18. The number of carboxylic acid groups (broad SMARTS) is 2. The molecule has 0 radical (unpaired) electrons. The van der Waals surface area contributed by atoms with Crippen molar-refractivity contribution in [1.29, 1.82) is 0 Å². The van der Waals surface area contributed by atoms with Crippen molar-refractivity contribution in [3.05, 3.63) is 88.7 Å². The van der Waals surface area contributed by atoms with Gasteiger partial charge in [0, 0.05) is 24.5 Å². The van der Waals surface area contributed by atoms with Crippen LogP contribution in [0.15, 0.2) is 73.1 Å². The van der Waals surface area contributed by atoms with Crippen LogP contribution in [0.1, 0.15) is 12.0 Å². The first kappa shape index (κ1) is 25.0. The molecule has 0 aliphatic rings. The van der Waals surface area contributed by atoms with Crippen LogP contribution in [-0.2, 0) is 16.0 Å². The first-order chi connectivity index (χ1) is 15.8. The van der Waals surface area contributed by atoms with E-state index in [1.54, 1.807) is 30.6 Å². The highest BCUT2D eigenvalue weighted by molar-refractivity contribution is 6.27. The average Bonchev–Trinajstić information content (AvgIpc) is 2.83. The number of aliphatic carboxylic acids is 2. The minimum Gasteiger partial charge on any atom is -0.491 e. The van der Waals surface area contributed by atoms with Crippen molar-refractivity contribution in [2.75, 3.05) is 6.61 Å². The van der Waals surface area contributed by atoms with Crippen LogP contribution in [0.2, 0.25) is 0 Å². The SMILES string of the molecule is O=C(O)C(=O)O.O=[N+]([O-])c1cccc(-c2ccc(OC[C@H](O)CCc3cccnc3)cc2)c1. The van der Waals surface area contributed by atoms with Crippen LogP contribution in [0.4, 0.5) is 5.69 Å². The standard InChI is InChI=1S/C21H20N2O4.C2H2O4/c24-20(9-6-16-3-2-12-22-14-16)15-27-21-10-7-17(8-11-21)18-4-1-5-19(13-18)23(25)26;3-1(4)2(5)6/h1-5,7-8,10-14,20,24H,6,9,15H2;(H,3,4)(H,5,6)/t20-;/m1./s1. The van der Waals surface area contributed by atoms with Gasteiger partial charge in [0.15, 0.2) is 0 Å². The summed E-state index contributed by atoms with van der Waals surface area (Å²) in [7, 11) is 0. The van der Waals surface area contributed by atoms with Crippen LogP contribution < -0.4 is 4.74 Å². The van der Waals surface area contributed by atoms with E-state index in [0.717, 1.165) is 23.1 Å². The first-order valence-corrected chi connectivity index (χ1v) is 9.77. The van der Waals surface area contributed by atoms with Gasteiger partial charge in [-0.1, -0.05) is 30.3 Å². The summed E-state index contributed by atoms with van der Waals surface area (Å²) in [5.74, 6) is -3.00. The van der Waals surface area contributed by atoms with Crippen molar-refractivity contribution in [2.24, 2.45) is 0 Å². The number of nitrogens with zero attached hydrogens (tertiary/aromatic N) is 2. The number of nitro benzene ring substituents is 1. The Bertz CT molecular complexity index is 1060. The number of hydrogen-bond acceptors (Lipinski definition) is 7. The predicted molar refractivity (Wildman–Crippen MR) is 118 cm³/mol. The van der Waals surface area contributed by atoms with Crippen molar-refractivity contribution in [2.45, 2.75) is 18.9 Å². The van der Waals surface area contributed by atoms with E-state index in [4.69, 9.17) is 24.5 Å². The summed E-state index contributed by atoms with van der Waals surface area (Å²) in [5.41, 5.74) is 2.78. The topological polar surface area (TPSA) is 160 Å². The number of aliphatic hydroxyl groups excluding tert-OH is 1. The fraction of sp³-hybridized carbons (Fsp3) is 0.174. The van der Waals surface area contributed by atoms with Crippen LogP contribution in [0, 0.1) is 10.1 Å². The second-order valence-electron chi connectivity index (χ2n) is 6.81. The Morgan fingerprint density at radius 1 is 1.00 bits per heavy atom. The van der Waals surface area contributed by atoms with Crippen LogP contribution in [0.5, 0.6) is 5.75 Å². The maximum Gasteiger partial charge on any atom is 0.414 e. The second kappa shape index (κ2) is 12.5. The number of rotatable bonds is 8. The quantitative estimate of drug-likeness (QED) is 0.264. The lowest BCUT2D eigenvalue weighted by atomic mass is 10.1. The van der Waals surface area contributed by atoms with E-state index in [0.29, 0.717) is 12.2 Å². The summed E-state index contributed by atoms with van der Waals surface area (Å²) >= 11 is 0. The Hall–Kier alpha value is -4.31. The number of aromatic nitrogens is 1. The minimum atomic E-state index is -1.82. The molecule has 1 heterocycles. The molecule has 2 aromatic carbocycles. The highest BCUT2D eigenvalue weighted by Crippen LogP contribution is 2.25. The summed E-state index contributed by atoms with van der Waals surface area (Å²) in [6.45, 7) is 0.205. The molecule has 0 aliphatic heterocycles. The lowest BCUT2D eigenvalue weighted by molar-refractivity contribution is -0.384. The number of ether oxygens (including phenoxy) is 1. The number of carboxylic acids is 2. The van der Waals surface area contributed by atoms with Crippen LogP contribution in [-0.4, -0.2) is 49.9 Å². The van der Waals surface area contributed by atoms with Crippen LogP contribution in [0.3, 0.4) is 0 Å². The molecule has 172 valence electrons. The first-order valence-electron chi connectivity index (χ1n) is 9.77. The molecule has 3 rings (SSSR count). The lowest BCUT2D eigenvalue weighted by Crippen LogP contribution is -2.18. The molecule has 10 heteroatoms. The van der Waals surface area contributed by atoms with Gasteiger partial charge in [-0.3, -0.25) is 15.1 Å². The molecule has 1 aromatic heterocycles. The fourth-order valence-corrected chi connectivity index (χ4v) is 2.70. The van der Waals surface area contributed by atoms with E-state index < -0.39 is 23.0 Å². The third-order valence-electron chi connectivity index (χ3n) is 4.36. The smallest absolute Gasteiger partial charge is 0.414 e. The van der Waals surface area contributed by atoms with Gasteiger partial charge in [0.1, 0.15) is 12.4 Å². The van der Waals surface area contributed by atoms with Gasteiger partial charge in [-0.15, -0.1) is 0 Å². The van der Waals surface area contributed by atoms with E-state index in [9.17, 15) is 15.2 Å². The van der Waals surface area contributed by atoms with Crippen molar-refractivity contribution in [1.82, 2.24) is 4.98 Å². The van der Waals surface area contributed by atoms with Crippen molar-refractivity contribution < 1.29 is 34.6 Å². The summed E-state index contributed by atoms with van der Waals surface area (Å²) in [5, 5.41) is 35.7. The highest BCUT2D eigenvalue weighted by atomic mass is 16.6. The normalized spacial score (nSPS) is 10.9. The molecular formula is C23H22N2O8. The van der Waals surface area contributed by atoms with Crippen molar-refractivity contribution >= 4 is 17.6 Å². The Balaban J connectivity index is 0.000000569. The molecule has 0 bridgehead atoms. The number of benzene rings is 2. The fourth-order valence-electron chi connectivity index (χ4n) is 2.70. The third-order valence-corrected chi connectivity index (χ3v) is 4.36. The summed E-state index contributed by atoms with van der Waals surface area (Å²) in [6, 6.07) is 17.6. The van der Waals surface area contributed by atoms with Crippen molar-refractivity contribution in [3.63, 3.8) is 0 Å². The molecule has 10 nitrogen and oxygen atoms in total. The number of non-ortho nitro benzene ring substituents is 1. The second-order valence-corrected chi connectivity index (χ2v) is 6.81. The van der Waals surface area contributed by atoms with Gasteiger partial charge in [0.25, 0.3) is 5.69 Å². The van der Waals surface area contributed by atoms with E-state index in [2.05, 4.69) is 4.98 Å². The zero-order chi connectivity index (χ0) is 24.2. The molecule has 0 fully saturated rings. The molecule has 1 atom stereocenters. The highest BCUT2D eigenvalue weighted by Gasteiger charge is 2.09. The monoisotopic (exact) mass is 454 g/mol. The van der Waals surface area contributed by atoms with E-state index in [1.807, 2.05) is 30.3 Å². The zero-order valence-corrected chi connectivity index (χ0v) is 17.4. The Labute approximate surface area is 188 Å². The van der Waals surface area contributed by atoms with Gasteiger partial charge >= 0.3 is 11.9 Å². The third kappa shape index (κ3) is 8.75. The molecular weight excluding hydrogens is 432 g/mol. The molecule has 0 saturated carbocycles. The lowest BCUT2D eigenvalue weighted by Gasteiger charge is -2.12. The van der Waals surface area contributed by atoms with Crippen molar-refractivity contribution in [3.8, 4) is 16.9 Å². The van der Waals surface area contributed by atoms with Gasteiger partial charge < -0.3 is 20.1 Å².